The van der Waals surface area contributed by atoms with Gasteiger partial charge >= 0.3 is 11.9 Å². The third kappa shape index (κ3) is 34.2. The molecule has 0 saturated carbocycles. The third-order valence-electron chi connectivity index (χ3n) is 9.62. The molecule has 0 aromatic rings. The fraction of sp³-hybridized carbons (Fsp3) is 0.951. The molecule has 1 N–H and O–H groups in total. The van der Waals surface area contributed by atoms with Crippen LogP contribution in [0, 0.1) is 11.8 Å². The summed E-state index contributed by atoms with van der Waals surface area (Å²) in [6, 6.07) is 0. The van der Waals surface area contributed by atoms with Crippen molar-refractivity contribution in [1.29, 1.82) is 0 Å². The van der Waals surface area contributed by atoms with Crippen molar-refractivity contribution in [3.05, 3.63) is 0 Å². The van der Waals surface area contributed by atoms with Crippen LogP contribution in [0.4, 0.5) is 0 Å². The van der Waals surface area contributed by atoms with E-state index in [1.54, 1.807) is 0 Å². The molecule has 0 aromatic carbocycles. The summed E-state index contributed by atoms with van der Waals surface area (Å²) in [4.78, 5) is 24.3. The number of unbranched alkanes of at least 4 members (excludes halogenated alkanes) is 23. The summed E-state index contributed by atoms with van der Waals surface area (Å²) in [6.45, 7) is 8.89. The first-order valence-corrected chi connectivity index (χ1v) is 20.3. The number of ether oxygens (including phenoxy) is 2. The molecule has 0 rings (SSSR count). The van der Waals surface area contributed by atoms with Crippen molar-refractivity contribution in [1.82, 2.24) is 0 Å². The molecule has 5 heteroatoms. The highest BCUT2D eigenvalue weighted by atomic mass is 16.6. The van der Waals surface area contributed by atoms with Gasteiger partial charge in [0.25, 0.3) is 0 Å². The highest BCUT2D eigenvalue weighted by Gasteiger charge is 2.16. The number of rotatable bonds is 36. The molecule has 0 aliphatic rings. The van der Waals surface area contributed by atoms with E-state index >= 15 is 0 Å². The van der Waals surface area contributed by atoms with E-state index in [1.165, 1.54) is 141 Å². The van der Waals surface area contributed by atoms with Crippen LogP contribution in [0.3, 0.4) is 0 Å². The Morgan fingerprint density at radius 3 is 1.22 bits per heavy atom. The Kier molecular flexibility index (Phi) is 34.4. The zero-order chi connectivity index (χ0) is 33.9. The van der Waals surface area contributed by atoms with Crippen LogP contribution < -0.4 is 0 Å². The van der Waals surface area contributed by atoms with Crippen LogP contribution >= 0.6 is 0 Å². The van der Waals surface area contributed by atoms with Crippen molar-refractivity contribution in [3.63, 3.8) is 0 Å². The van der Waals surface area contributed by atoms with E-state index in [0.717, 1.165) is 50.4 Å². The molecule has 5 nitrogen and oxygen atoms in total. The monoisotopic (exact) mass is 653 g/mol. The molecule has 0 aromatic heterocycles. The van der Waals surface area contributed by atoms with Gasteiger partial charge in [-0.25, -0.2) is 0 Å². The molecule has 0 spiro atoms. The van der Waals surface area contributed by atoms with Crippen molar-refractivity contribution < 1.29 is 24.2 Å². The number of hydrogen-bond acceptors (Lipinski definition) is 5. The fourth-order valence-corrected chi connectivity index (χ4v) is 6.13. The van der Waals surface area contributed by atoms with Gasteiger partial charge in [-0.1, -0.05) is 195 Å². The third-order valence-corrected chi connectivity index (χ3v) is 9.62. The van der Waals surface area contributed by atoms with Crippen molar-refractivity contribution >= 4 is 11.9 Å². The first-order valence-electron chi connectivity index (χ1n) is 20.3. The van der Waals surface area contributed by atoms with E-state index in [-0.39, 0.29) is 25.2 Å². The van der Waals surface area contributed by atoms with Gasteiger partial charge in [0.2, 0.25) is 0 Å². The Labute approximate surface area is 287 Å². The molecule has 0 bridgehead atoms. The van der Waals surface area contributed by atoms with E-state index in [1.807, 2.05) is 0 Å². The summed E-state index contributed by atoms with van der Waals surface area (Å²) in [7, 11) is 0. The van der Waals surface area contributed by atoms with E-state index in [9.17, 15) is 14.7 Å². The summed E-state index contributed by atoms with van der Waals surface area (Å²) < 4.78 is 10.6. The maximum absolute atomic E-state index is 12.2. The predicted octanol–water partition coefficient (Wildman–Crippen LogP) is 12.4. The van der Waals surface area contributed by atoms with E-state index < -0.39 is 6.10 Å². The summed E-state index contributed by atoms with van der Waals surface area (Å²) in [5.41, 5.74) is 0. The van der Waals surface area contributed by atoms with Crippen molar-refractivity contribution in [2.45, 2.75) is 226 Å². The first kappa shape index (κ1) is 44.9. The molecule has 2 atom stereocenters. The minimum atomic E-state index is -0.763. The second kappa shape index (κ2) is 35.2. The lowest BCUT2D eigenvalue weighted by molar-refractivity contribution is -0.161. The van der Waals surface area contributed by atoms with Gasteiger partial charge in [0.15, 0.2) is 6.10 Å². The molecule has 46 heavy (non-hydrogen) atoms. The maximum Gasteiger partial charge on any atom is 0.306 e. The maximum atomic E-state index is 12.2. The Morgan fingerprint density at radius 1 is 0.500 bits per heavy atom. The molecule has 0 amide bonds. The number of carbonyl (C=O) groups excluding carboxylic acids is 2. The molecule has 0 heterocycles. The lowest BCUT2D eigenvalue weighted by Crippen LogP contribution is -2.28. The zero-order valence-corrected chi connectivity index (χ0v) is 31.4. The highest BCUT2D eigenvalue weighted by molar-refractivity contribution is 5.70. The minimum Gasteiger partial charge on any atom is -0.462 e. The van der Waals surface area contributed by atoms with Gasteiger partial charge in [0.05, 0.1) is 6.61 Å². The fourth-order valence-electron chi connectivity index (χ4n) is 6.13. The second-order valence-corrected chi connectivity index (χ2v) is 14.8. The molecule has 0 radical (unpaired) electrons. The molecule has 0 aliphatic carbocycles. The summed E-state index contributed by atoms with van der Waals surface area (Å²) in [6.07, 6.45) is 35.9. The van der Waals surface area contributed by atoms with Crippen LogP contribution in [0.2, 0.25) is 0 Å². The molecule has 0 fully saturated rings. The van der Waals surface area contributed by atoms with Gasteiger partial charge < -0.3 is 14.6 Å². The van der Waals surface area contributed by atoms with Crippen molar-refractivity contribution in [2.24, 2.45) is 11.8 Å². The number of carbonyl (C=O) groups is 2. The van der Waals surface area contributed by atoms with Gasteiger partial charge in [-0.2, -0.15) is 0 Å². The number of esters is 2. The largest absolute Gasteiger partial charge is 0.462 e. The van der Waals surface area contributed by atoms with Crippen LogP contribution in [0.25, 0.3) is 0 Å². The Bertz CT molecular complexity index is 649. The Morgan fingerprint density at radius 2 is 0.848 bits per heavy atom. The predicted molar refractivity (Wildman–Crippen MR) is 196 cm³/mol. The Hall–Kier alpha value is -1.10. The van der Waals surface area contributed by atoms with Crippen LogP contribution in [0.15, 0.2) is 0 Å². The first-order chi connectivity index (χ1) is 22.4. The second-order valence-electron chi connectivity index (χ2n) is 14.8. The van der Waals surface area contributed by atoms with E-state index in [0.29, 0.717) is 12.8 Å². The average molecular weight is 653 g/mol. The lowest BCUT2D eigenvalue weighted by atomic mass is 9.99. The van der Waals surface area contributed by atoms with Gasteiger partial charge in [0.1, 0.15) is 6.61 Å². The van der Waals surface area contributed by atoms with Crippen LogP contribution in [-0.4, -0.2) is 36.4 Å². The zero-order valence-electron chi connectivity index (χ0n) is 31.4. The number of hydrogen-bond donors (Lipinski definition) is 1. The SMILES string of the molecule is CCC(C)CCCCCCCCCCCCC(=O)OC[C@H](CO)OC(=O)CCCCCCCCCCCCCCCCCC(C)C. The standard InChI is InChI=1S/C41H80O5/c1-5-38(4)32-28-24-20-16-13-14-17-21-25-29-33-40(43)45-36-39(35-42)46-41(44)34-30-26-22-18-12-10-8-6-7-9-11-15-19-23-27-31-37(2)3/h37-39,42H,5-36H2,1-4H3/t38?,39-/m0/s1. The average Bonchev–Trinajstić information content (AvgIpc) is 3.04. The normalized spacial score (nSPS) is 12.8. The molecule has 0 saturated heterocycles. The van der Waals surface area contributed by atoms with Gasteiger partial charge in [-0.15, -0.1) is 0 Å². The van der Waals surface area contributed by atoms with E-state index in [2.05, 4.69) is 27.7 Å². The topological polar surface area (TPSA) is 72.8 Å². The number of aliphatic hydroxyl groups is 1. The van der Waals surface area contributed by atoms with Gasteiger partial charge in [-0.3, -0.25) is 9.59 Å². The molecule has 0 aliphatic heterocycles. The van der Waals surface area contributed by atoms with Gasteiger partial charge in [0, 0.05) is 12.8 Å². The number of aliphatic hydroxyl groups excluding tert-OH is 1. The molecule has 274 valence electrons. The highest BCUT2D eigenvalue weighted by Crippen LogP contribution is 2.17. The molecule has 1 unspecified atom stereocenters. The lowest BCUT2D eigenvalue weighted by Gasteiger charge is -2.15. The van der Waals surface area contributed by atoms with E-state index in [4.69, 9.17) is 9.47 Å². The van der Waals surface area contributed by atoms with Crippen LogP contribution in [0.1, 0.15) is 220 Å². The summed E-state index contributed by atoms with van der Waals surface area (Å²) >= 11 is 0. The van der Waals surface area contributed by atoms with Crippen molar-refractivity contribution in [3.8, 4) is 0 Å². The minimum absolute atomic E-state index is 0.0587. The summed E-state index contributed by atoms with van der Waals surface area (Å²) in [5.74, 6) is 1.16. The van der Waals surface area contributed by atoms with Crippen LogP contribution in [0.5, 0.6) is 0 Å². The smallest absolute Gasteiger partial charge is 0.306 e. The molecular weight excluding hydrogens is 572 g/mol. The van der Waals surface area contributed by atoms with Crippen molar-refractivity contribution in [2.75, 3.05) is 13.2 Å². The Balaban J connectivity index is 3.50. The van der Waals surface area contributed by atoms with Crippen LogP contribution in [-0.2, 0) is 19.1 Å². The quantitative estimate of drug-likeness (QED) is 0.0538. The van der Waals surface area contributed by atoms with Gasteiger partial charge in [-0.05, 0) is 24.7 Å². The summed E-state index contributed by atoms with van der Waals surface area (Å²) in [5, 5.41) is 9.56. The molecular formula is C41H80O5.